The van der Waals surface area contributed by atoms with Crippen molar-refractivity contribution in [2.75, 3.05) is 0 Å². The summed E-state index contributed by atoms with van der Waals surface area (Å²) in [5.41, 5.74) is 8.01. The molecule has 3 aromatic rings. The molecule has 1 heterocycles. The van der Waals surface area contributed by atoms with E-state index in [1.54, 1.807) is 6.21 Å². The van der Waals surface area contributed by atoms with Gasteiger partial charge in [0, 0.05) is 17.7 Å². The smallest absolute Gasteiger partial charge is 0.227 e. The Balaban J connectivity index is 1.51. The quantitative estimate of drug-likeness (QED) is 0.539. The number of nitrogens with two attached hydrogens (primary N) is 1. The Morgan fingerprint density at radius 3 is 2.42 bits per heavy atom. The number of allylic oxidation sites excluding steroid dienone is 1. The van der Waals surface area contributed by atoms with Gasteiger partial charge in [-0.3, -0.25) is 9.79 Å². The van der Waals surface area contributed by atoms with Crippen molar-refractivity contribution in [3.05, 3.63) is 113 Å². The van der Waals surface area contributed by atoms with Crippen LogP contribution >= 0.6 is 11.6 Å². The second-order valence-corrected chi connectivity index (χ2v) is 8.05. The molecule has 4 rings (SSSR count). The molecule has 0 saturated carbocycles. The summed E-state index contributed by atoms with van der Waals surface area (Å²) in [4.78, 5) is 17.2. The number of primary amides is 1. The molecule has 156 valence electrons. The van der Waals surface area contributed by atoms with E-state index in [4.69, 9.17) is 22.1 Å². The van der Waals surface area contributed by atoms with Gasteiger partial charge in [-0.2, -0.15) is 0 Å². The minimum Gasteiger partial charge on any atom is -0.489 e. The van der Waals surface area contributed by atoms with Crippen LogP contribution in [0.4, 0.5) is 0 Å². The fourth-order valence-corrected chi connectivity index (χ4v) is 4.19. The first-order valence-corrected chi connectivity index (χ1v) is 10.5. The van der Waals surface area contributed by atoms with Crippen LogP contribution in [-0.2, 0) is 17.8 Å². The highest BCUT2D eigenvalue weighted by molar-refractivity contribution is 6.30. The molecule has 0 fully saturated rings. The summed E-state index contributed by atoms with van der Waals surface area (Å²) in [6.45, 7) is 0.439. The van der Waals surface area contributed by atoms with Gasteiger partial charge in [0.05, 0.1) is 11.5 Å². The van der Waals surface area contributed by atoms with Crippen LogP contribution in [-0.4, -0.2) is 17.7 Å². The van der Waals surface area contributed by atoms with E-state index in [0.29, 0.717) is 18.1 Å². The molecule has 2 unspecified atom stereocenters. The highest BCUT2D eigenvalue weighted by Gasteiger charge is 2.42. The molecule has 1 amide bonds. The maximum absolute atomic E-state index is 12.5. The van der Waals surface area contributed by atoms with Gasteiger partial charge in [0.1, 0.15) is 12.4 Å². The Morgan fingerprint density at radius 1 is 1.00 bits per heavy atom. The minimum absolute atomic E-state index is 0.392. The predicted molar refractivity (Wildman–Crippen MR) is 125 cm³/mol. The standard InChI is InChI=1S/C26H23ClN2O2/c27-22-9-4-6-20(16-22)18-31-23-12-10-19(11-13-23)17-26(14-5-15-29-26)24(25(28)30)21-7-2-1-3-8-21/h1-16,24H,17-18H2,(H2,28,30). The van der Waals surface area contributed by atoms with Gasteiger partial charge in [-0.05, 0) is 47.0 Å². The highest BCUT2D eigenvalue weighted by Crippen LogP contribution is 2.38. The van der Waals surface area contributed by atoms with E-state index in [2.05, 4.69) is 4.99 Å². The number of benzene rings is 3. The minimum atomic E-state index is -0.740. The average molecular weight is 431 g/mol. The van der Waals surface area contributed by atoms with Crippen LogP contribution < -0.4 is 10.5 Å². The third kappa shape index (κ3) is 4.86. The van der Waals surface area contributed by atoms with Crippen molar-refractivity contribution in [1.82, 2.24) is 0 Å². The fourth-order valence-electron chi connectivity index (χ4n) is 3.98. The van der Waals surface area contributed by atoms with Gasteiger partial charge in [0.15, 0.2) is 0 Å². The van der Waals surface area contributed by atoms with E-state index < -0.39 is 17.4 Å². The Labute approximate surface area is 187 Å². The number of ether oxygens (including phenoxy) is 1. The monoisotopic (exact) mass is 430 g/mol. The zero-order chi connectivity index (χ0) is 21.7. The molecule has 2 N–H and O–H groups in total. The number of carbonyl (C=O) groups is 1. The second kappa shape index (κ2) is 9.19. The molecule has 5 heteroatoms. The number of amides is 1. The summed E-state index contributed by atoms with van der Waals surface area (Å²) >= 11 is 6.03. The lowest BCUT2D eigenvalue weighted by Gasteiger charge is -2.32. The van der Waals surface area contributed by atoms with E-state index in [0.717, 1.165) is 22.4 Å². The van der Waals surface area contributed by atoms with E-state index >= 15 is 0 Å². The Hall–Kier alpha value is -3.37. The number of rotatable bonds is 8. The lowest BCUT2D eigenvalue weighted by atomic mass is 9.75. The van der Waals surface area contributed by atoms with Crippen LogP contribution in [0.2, 0.25) is 5.02 Å². The maximum atomic E-state index is 12.5. The lowest BCUT2D eigenvalue weighted by molar-refractivity contribution is -0.120. The van der Waals surface area contributed by atoms with Gasteiger partial charge >= 0.3 is 0 Å². The molecular formula is C26H23ClN2O2. The molecule has 2 atom stereocenters. The molecule has 0 aliphatic carbocycles. The molecule has 31 heavy (non-hydrogen) atoms. The number of hydrogen-bond acceptors (Lipinski definition) is 3. The fraction of sp³-hybridized carbons (Fsp3) is 0.154. The summed E-state index contributed by atoms with van der Waals surface area (Å²) in [6, 6.07) is 25.0. The predicted octanol–water partition coefficient (Wildman–Crippen LogP) is 5.11. The molecule has 0 radical (unpaired) electrons. The van der Waals surface area contributed by atoms with Crippen molar-refractivity contribution in [3.63, 3.8) is 0 Å². The number of halogens is 1. The molecule has 0 aromatic heterocycles. The van der Waals surface area contributed by atoms with Gasteiger partial charge in [-0.25, -0.2) is 0 Å². The van der Waals surface area contributed by atoms with Gasteiger partial charge in [-0.15, -0.1) is 0 Å². The van der Waals surface area contributed by atoms with Crippen molar-refractivity contribution in [1.29, 1.82) is 0 Å². The topological polar surface area (TPSA) is 64.7 Å². The Morgan fingerprint density at radius 2 is 1.77 bits per heavy atom. The SMILES string of the molecule is NC(=O)C(c1ccccc1)C1(Cc2ccc(OCc3cccc(Cl)c3)cc2)C=CC=N1. The van der Waals surface area contributed by atoms with E-state index in [1.165, 1.54) is 0 Å². The van der Waals surface area contributed by atoms with Crippen molar-refractivity contribution in [2.45, 2.75) is 24.5 Å². The number of hydrogen-bond donors (Lipinski definition) is 1. The van der Waals surface area contributed by atoms with Gasteiger partial charge < -0.3 is 10.5 Å². The molecule has 1 aliphatic heterocycles. The van der Waals surface area contributed by atoms with Crippen LogP contribution in [0.15, 0.2) is 96.0 Å². The number of aliphatic imine (C=N–C) groups is 1. The van der Waals surface area contributed by atoms with Crippen LogP contribution in [0.25, 0.3) is 0 Å². The van der Waals surface area contributed by atoms with E-state index in [1.807, 2.05) is 91.0 Å². The summed E-state index contributed by atoms with van der Waals surface area (Å²) in [6.07, 6.45) is 6.14. The molecule has 0 bridgehead atoms. The molecular weight excluding hydrogens is 408 g/mol. The zero-order valence-corrected chi connectivity index (χ0v) is 17.7. The highest BCUT2D eigenvalue weighted by atomic mass is 35.5. The van der Waals surface area contributed by atoms with Gasteiger partial charge in [-0.1, -0.05) is 72.3 Å². The Bertz CT molecular complexity index is 1100. The maximum Gasteiger partial charge on any atom is 0.227 e. The van der Waals surface area contributed by atoms with Crippen LogP contribution in [0.5, 0.6) is 5.75 Å². The van der Waals surface area contributed by atoms with Crippen LogP contribution in [0.1, 0.15) is 22.6 Å². The number of carbonyl (C=O) groups excluding carboxylic acids is 1. The van der Waals surface area contributed by atoms with Gasteiger partial charge in [0.2, 0.25) is 5.91 Å². The van der Waals surface area contributed by atoms with Crippen LogP contribution in [0, 0.1) is 0 Å². The van der Waals surface area contributed by atoms with Crippen molar-refractivity contribution in [3.8, 4) is 5.75 Å². The van der Waals surface area contributed by atoms with Gasteiger partial charge in [0.25, 0.3) is 0 Å². The summed E-state index contributed by atoms with van der Waals surface area (Å²) < 4.78 is 5.88. The third-order valence-electron chi connectivity index (χ3n) is 5.41. The number of nitrogens with zero attached hydrogens (tertiary/aromatic N) is 1. The summed E-state index contributed by atoms with van der Waals surface area (Å²) in [5, 5.41) is 0.689. The molecule has 3 aromatic carbocycles. The van der Waals surface area contributed by atoms with E-state index in [-0.39, 0.29) is 0 Å². The third-order valence-corrected chi connectivity index (χ3v) is 5.64. The first-order valence-electron chi connectivity index (χ1n) is 10.1. The van der Waals surface area contributed by atoms with Crippen molar-refractivity contribution >= 4 is 23.7 Å². The van der Waals surface area contributed by atoms with E-state index in [9.17, 15) is 4.79 Å². The zero-order valence-electron chi connectivity index (χ0n) is 16.9. The van der Waals surface area contributed by atoms with Crippen molar-refractivity contribution in [2.24, 2.45) is 10.7 Å². The summed E-state index contributed by atoms with van der Waals surface area (Å²) in [5.74, 6) is -0.184. The molecule has 0 spiro atoms. The Kier molecular flexibility index (Phi) is 6.19. The summed E-state index contributed by atoms with van der Waals surface area (Å²) in [7, 11) is 0. The van der Waals surface area contributed by atoms with Crippen molar-refractivity contribution < 1.29 is 9.53 Å². The molecule has 4 nitrogen and oxygen atoms in total. The first kappa shape index (κ1) is 20.9. The first-order chi connectivity index (χ1) is 15.1. The lowest BCUT2D eigenvalue weighted by Crippen LogP contribution is -2.41. The largest absolute Gasteiger partial charge is 0.489 e. The normalized spacial score (nSPS) is 18.1. The molecule has 1 aliphatic rings. The molecule has 0 saturated heterocycles. The second-order valence-electron chi connectivity index (χ2n) is 7.61. The van der Waals surface area contributed by atoms with Crippen LogP contribution in [0.3, 0.4) is 0 Å². The average Bonchev–Trinajstić information content (AvgIpc) is 3.23.